The third kappa shape index (κ3) is 4.94. The minimum atomic E-state index is 0.578. The van der Waals surface area contributed by atoms with E-state index in [1.165, 1.54) is 48.3 Å². The quantitative estimate of drug-likeness (QED) is 0.167. The number of nitrogens with zero attached hydrogens (tertiary/aromatic N) is 3. The van der Waals surface area contributed by atoms with E-state index in [1.807, 2.05) is 24.3 Å². The molecule has 54 heavy (non-hydrogen) atoms. The van der Waals surface area contributed by atoms with Gasteiger partial charge in [0.05, 0.1) is 10.4 Å². The van der Waals surface area contributed by atoms with Crippen molar-refractivity contribution in [3.63, 3.8) is 0 Å². The molecule has 0 aliphatic heterocycles. The van der Waals surface area contributed by atoms with Gasteiger partial charge in [0.25, 0.3) is 0 Å². The number of thiophene rings is 1. The second kappa shape index (κ2) is 12.3. The first-order valence-corrected chi connectivity index (χ1v) is 18.8. The molecule has 0 spiro atoms. The summed E-state index contributed by atoms with van der Waals surface area (Å²) in [7, 11) is 0. The molecule has 0 saturated carbocycles. The average Bonchev–Trinajstić information content (AvgIpc) is 3.85. The molecular weight excluding hydrogens is 679 g/mol. The normalized spacial score (nSPS) is 11.7. The maximum Gasteiger partial charge on any atom is 0.174 e. The van der Waals surface area contributed by atoms with Crippen molar-refractivity contribution >= 4 is 64.9 Å². The van der Waals surface area contributed by atoms with Crippen molar-refractivity contribution in [2.45, 2.75) is 0 Å². The summed E-state index contributed by atoms with van der Waals surface area (Å²) in [5.74, 6) is 1.83. The van der Waals surface area contributed by atoms with Gasteiger partial charge in [0, 0.05) is 21.0 Å². The summed E-state index contributed by atoms with van der Waals surface area (Å²) >= 11 is 1.69. The van der Waals surface area contributed by atoms with E-state index < -0.39 is 0 Å². The van der Waals surface area contributed by atoms with Crippen LogP contribution in [-0.2, 0) is 0 Å². The molecule has 4 nitrogen and oxygen atoms in total. The number of furan rings is 1. The molecule has 5 heteroatoms. The topological polar surface area (TPSA) is 51.8 Å². The molecule has 8 aromatic carbocycles. The lowest BCUT2D eigenvalue weighted by molar-refractivity contribution is 0.669. The maximum absolute atomic E-state index is 6.45. The van der Waals surface area contributed by atoms with Crippen molar-refractivity contribution in [1.29, 1.82) is 0 Å². The maximum atomic E-state index is 6.45. The van der Waals surface area contributed by atoms with E-state index in [9.17, 15) is 0 Å². The fraction of sp³-hybridized carbons (Fsp3) is 0. The molecule has 0 amide bonds. The molecular formula is C49H29N3OS. The molecule has 0 aliphatic carbocycles. The number of hydrogen-bond acceptors (Lipinski definition) is 5. The summed E-state index contributed by atoms with van der Waals surface area (Å²) in [6.07, 6.45) is 0. The molecule has 11 rings (SSSR count). The van der Waals surface area contributed by atoms with Gasteiger partial charge in [-0.15, -0.1) is 11.3 Å². The highest BCUT2D eigenvalue weighted by molar-refractivity contribution is 7.22. The lowest BCUT2D eigenvalue weighted by Gasteiger charge is -2.17. The van der Waals surface area contributed by atoms with Crippen LogP contribution >= 0.6 is 11.3 Å². The van der Waals surface area contributed by atoms with Gasteiger partial charge in [0.2, 0.25) is 0 Å². The SMILES string of the molecule is c1ccc(-c2c3ccccc3c(-c3ccc(-c4nc(-c5cc6ccccc6s5)nc(-c5cccc6c5oc5ccccc56)n4)cc3)c3ccccc23)cc1. The second-order valence-electron chi connectivity index (χ2n) is 13.5. The van der Waals surface area contributed by atoms with E-state index in [0.717, 1.165) is 43.5 Å². The Morgan fingerprint density at radius 3 is 1.63 bits per heavy atom. The Kier molecular flexibility index (Phi) is 7.00. The minimum Gasteiger partial charge on any atom is -0.455 e. The number of aromatic nitrogens is 3. The standard InChI is InChI=1S/C49H29N3OS/c1-2-13-30(14-3-1)44-35-17-5-7-19-37(35)45(38-20-8-6-18-36(38)44)31-25-27-32(28-26-31)47-50-48(52-49(51-47)43-29-33-15-4-11-24-42(33)54-43)40-22-12-21-39-34-16-9-10-23-41(34)53-46(39)40/h1-29H. The Morgan fingerprint density at radius 2 is 0.926 bits per heavy atom. The van der Waals surface area contributed by atoms with Gasteiger partial charge < -0.3 is 4.42 Å². The van der Waals surface area contributed by atoms with Gasteiger partial charge in [0.1, 0.15) is 11.2 Å². The van der Waals surface area contributed by atoms with Gasteiger partial charge in [-0.1, -0.05) is 152 Å². The Balaban J connectivity index is 1.09. The van der Waals surface area contributed by atoms with E-state index in [0.29, 0.717) is 17.5 Å². The van der Waals surface area contributed by atoms with E-state index in [2.05, 4.69) is 152 Å². The van der Waals surface area contributed by atoms with Crippen LogP contribution in [0.1, 0.15) is 0 Å². The fourth-order valence-corrected chi connectivity index (χ4v) is 8.89. The number of para-hydroxylation sites is 2. The van der Waals surface area contributed by atoms with Crippen LogP contribution in [-0.4, -0.2) is 15.0 Å². The van der Waals surface area contributed by atoms with Crippen LogP contribution < -0.4 is 0 Å². The van der Waals surface area contributed by atoms with Crippen molar-refractivity contribution < 1.29 is 4.42 Å². The van der Waals surface area contributed by atoms with Crippen molar-refractivity contribution in [2.24, 2.45) is 0 Å². The molecule has 0 fully saturated rings. The van der Waals surface area contributed by atoms with E-state index in [-0.39, 0.29) is 0 Å². The molecule has 0 saturated heterocycles. The van der Waals surface area contributed by atoms with Crippen molar-refractivity contribution in [1.82, 2.24) is 15.0 Å². The van der Waals surface area contributed by atoms with E-state index in [4.69, 9.17) is 19.4 Å². The van der Waals surface area contributed by atoms with Gasteiger partial charge in [0.15, 0.2) is 17.5 Å². The van der Waals surface area contributed by atoms with E-state index in [1.54, 1.807) is 11.3 Å². The Morgan fingerprint density at radius 1 is 0.389 bits per heavy atom. The first-order chi connectivity index (χ1) is 26.8. The zero-order chi connectivity index (χ0) is 35.6. The third-order valence-electron chi connectivity index (χ3n) is 10.4. The molecule has 252 valence electrons. The fourth-order valence-electron chi connectivity index (χ4n) is 7.89. The second-order valence-corrected chi connectivity index (χ2v) is 14.6. The van der Waals surface area contributed by atoms with Crippen LogP contribution in [0.3, 0.4) is 0 Å². The predicted molar refractivity (Wildman–Crippen MR) is 225 cm³/mol. The zero-order valence-electron chi connectivity index (χ0n) is 28.9. The highest BCUT2D eigenvalue weighted by Crippen LogP contribution is 2.44. The smallest absolute Gasteiger partial charge is 0.174 e. The van der Waals surface area contributed by atoms with Crippen LogP contribution in [0.2, 0.25) is 0 Å². The summed E-state index contributed by atoms with van der Waals surface area (Å²) in [4.78, 5) is 16.4. The molecule has 0 aliphatic rings. The summed E-state index contributed by atoms with van der Waals surface area (Å²) in [6, 6.07) is 61.8. The van der Waals surface area contributed by atoms with Gasteiger partial charge in [-0.3, -0.25) is 0 Å². The van der Waals surface area contributed by atoms with Crippen LogP contribution in [0, 0.1) is 0 Å². The van der Waals surface area contributed by atoms with Crippen molar-refractivity contribution in [3.8, 4) is 55.7 Å². The van der Waals surface area contributed by atoms with Gasteiger partial charge in [-0.2, -0.15) is 0 Å². The molecule has 0 radical (unpaired) electrons. The largest absolute Gasteiger partial charge is 0.455 e. The Bertz CT molecular complexity index is 3130. The predicted octanol–water partition coefficient (Wildman–Crippen LogP) is 13.6. The van der Waals surface area contributed by atoms with Crippen LogP contribution in [0.15, 0.2) is 180 Å². The van der Waals surface area contributed by atoms with Crippen LogP contribution in [0.5, 0.6) is 0 Å². The van der Waals surface area contributed by atoms with Gasteiger partial charge in [-0.05, 0) is 73.5 Å². The van der Waals surface area contributed by atoms with Crippen LogP contribution in [0.25, 0.3) is 109 Å². The average molecular weight is 708 g/mol. The highest BCUT2D eigenvalue weighted by Gasteiger charge is 2.20. The molecule has 11 aromatic rings. The molecule has 0 atom stereocenters. The van der Waals surface area contributed by atoms with E-state index >= 15 is 0 Å². The van der Waals surface area contributed by atoms with Crippen molar-refractivity contribution in [2.75, 3.05) is 0 Å². The number of fused-ring (bicyclic) bond motifs is 6. The van der Waals surface area contributed by atoms with Crippen LogP contribution in [0.4, 0.5) is 0 Å². The summed E-state index contributed by atoms with van der Waals surface area (Å²) in [6.45, 7) is 0. The number of hydrogen-bond donors (Lipinski definition) is 0. The third-order valence-corrected chi connectivity index (χ3v) is 11.5. The minimum absolute atomic E-state index is 0.578. The molecule has 3 heterocycles. The van der Waals surface area contributed by atoms with Gasteiger partial charge >= 0.3 is 0 Å². The molecule has 0 bridgehead atoms. The zero-order valence-corrected chi connectivity index (χ0v) is 29.7. The van der Waals surface area contributed by atoms with Crippen molar-refractivity contribution in [3.05, 3.63) is 176 Å². The number of benzene rings is 8. The first kappa shape index (κ1) is 30.7. The molecule has 0 unspecified atom stereocenters. The molecule has 0 N–H and O–H groups in total. The number of rotatable bonds is 5. The lowest BCUT2D eigenvalue weighted by Crippen LogP contribution is -1.99. The molecule has 3 aromatic heterocycles. The Labute approximate surface area is 314 Å². The summed E-state index contributed by atoms with van der Waals surface area (Å²) in [5.41, 5.74) is 8.18. The monoisotopic (exact) mass is 707 g/mol. The summed E-state index contributed by atoms with van der Waals surface area (Å²) in [5, 5.41) is 8.18. The van der Waals surface area contributed by atoms with Gasteiger partial charge in [-0.25, -0.2) is 15.0 Å². The highest BCUT2D eigenvalue weighted by atomic mass is 32.1. The summed E-state index contributed by atoms with van der Waals surface area (Å²) < 4.78 is 7.64. The Hall–Kier alpha value is -6.95. The first-order valence-electron chi connectivity index (χ1n) is 18.0. The lowest BCUT2D eigenvalue weighted by atomic mass is 9.86.